The summed E-state index contributed by atoms with van der Waals surface area (Å²) in [6.45, 7) is 1.70. The number of hydrogen-bond acceptors (Lipinski definition) is 2. The molecule has 0 aliphatic rings. The van der Waals surface area contributed by atoms with E-state index < -0.39 is 0 Å². The summed E-state index contributed by atoms with van der Waals surface area (Å²) in [5.74, 6) is -0.274. The van der Waals surface area contributed by atoms with E-state index in [2.05, 4.69) is 25.9 Å². The summed E-state index contributed by atoms with van der Waals surface area (Å²) in [6, 6.07) is 3.24. The second-order valence-corrected chi connectivity index (χ2v) is 6.11. The van der Waals surface area contributed by atoms with E-state index >= 15 is 0 Å². The zero-order valence-electron chi connectivity index (χ0n) is 11.2. The molecule has 3 rings (SSSR count). The average Bonchev–Trinajstić information content (AvgIpc) is 3.05. The topological polar surface area (TPSA) is 38.5 Å². The van der Waals surface area contributed by atoms with Gasteiger partial charge in [-0.25, -0.2) is 9.37 Å². The summed E-state index contributed by atoms with van der Waals surface area (Å²) in [5.41, 5.74) is 1.66. The van der Waals surface area contributed by atoms with Crippen LogP contribution in [0.4, 0.5) is 4.39 Å². The largest absolute Gasteiger partial charge is 0.337 e. The third-order valence-corrected chi connectivity index (χ3v) is 4.35. The Labute approximate surface area is 134 Å². The lowest BCUT2D eigenvalue weighted by Gasteiger charge is -2.06. The molecule has 0 aliphatic carbocycles. The summed E-state index contributed by atoms with van der Waals surface area (Å²) in [6.07, 6.45) is 7.52. The van der Waals surface area contributed by atoms with Crippen molar-refractivity contribution in [3.63, 3.8) is 0 Å². The molecule has 3 aromatic rings. The Bertz CT molecular complexity index is 806. The number of nitrogens with zero attached hydrogens (tertiary/aromatic N) is 3. The van der Waals surface area contributed by atoms with Crippen LogP contribution in [0, 0.1) is 10.6 Å². The van der Waals surface area contributed by atoms with Gasteiger partial charge in [0.25, 0.3) is 0 Å². The summed E-state index contributed by atoms with van der Waals surface area (Å²) in [5, 5.41) is 0. The van der Waals surface area contributed by atoms with Gasteiger partial charge in [0.05, 0.1) is 21.8 Å². The van der Waals surface area contributed by atoms with E-state index in [1.807, 2.05) is 21.7 Å². The van der Waals surface area contributed by atoms with Gasteiger partial charge in [-0.2, -0.15) is 0 Å². The van der Waals surface area contributed by atoms with Crippen LogP contribution in [0.5, 0.6) is 0 Å². The third kappa shape index (κ3) is 3.08. The molecular formula is C14H14BrFN4S. The van der Waals surface area contributed by atoms with Crippen LogP contribution >= 0.6 is 28.1 Å². The molecule has 0 saturated carbocycles. The SMILES string of the molecule is Fc1cc2c(cc1Br)[nH]c(=S)n2CCCCn1ccnc1. The molecule has 1 N–H and O–H groups in total. The Morgan fingerprint density at radius 3 is 2.86 bits per heavy atom. The van der Waals surface area contributed by atoms with Gasteiger partial charge in [-0.3, -0.25) is 0 Å². The number of rotatable bonds is 5. The maximum atomic E-state index is 13.7. The summed E-state index contributed by atoms with van der Waals surface area (Å²) < 4.78 is 18.8. The fraction of sp³-hybridized carbons (Fsp3) is 0.286. The molecule has 0 radical (unpaired) electrons. The quantitative estimate of drug-likeness (QED) is 0.539. The molecule has 2 aromatic heterocycles. The van der Waals surface area contributed by atoms with Gasteiger partial charge in [0.15, 0.2) is 4.77 Å². The van der Waals surface area contributed by atoms with E-state index in [1.165, 1.54) is 6.07 Å². The first-order chi connectivity index (χ1) is 10.1. The molecule has 0 atom stereocenters. The molecule has 4 nitrogen and oxygen atoms in total. The van der Waals surface area contributed by atoms with Gasteiger partial charge in [0, 0.05) is 31.5 Å². The van der Waals surface area contributed by atoms with Gasteiger partial charge < -0.3 is 14.1 Å². The number of hydrogen-bond donors (Lipinski definition) is 1. The van der Waals surface area contributed by atoms with Crippen molar-refractivity contribution in [3.05, 3.63) is 45.9 Å². The Balaban J connectivity index is 1.73. The number of fused-ring (bicyclic) bond motifs is 1. The van der Waals surface area contributed by atoms with Gasteiger partial charge in [0.1, 0.15) is 5.82 Å². The molecule has 0 aliphatic heterocycles. The Morgan fingerprint density at radius 2 is 2.10 bits per heavy atom. The lowest BCUT2D eigenvalue weighted by atomic mass is 10.2. The van der Waals surface area contributed by atoms with Crippen molar-refractivity contribution < 1.29 is 4.39 Å². The molecule has 0 spiro atoms. The van der Waals surface area contributed by atoms with E-state index in [-0.39, 0.29) is 5.82 Å². The molecule has 0 saturated heterocycles. The Hall–Kier alpha value is -1.47. The monoisotopic (exact) mass is 368 g/mol. The smallest absolute Gasteiger partial charge is 0.178 e. The highest BCUT2D eigenvalue weighted by molar-refractivity contribution is 9.10. The Kier molecular flexibility index (Phi) is 4.21. The van der Waals surface area contributed by atoms with Crippen LogP contribution in [0.15, 0.2) is 35.3 Å². The highest BCUT2D eigenvalue weighted by Crippen LogP contribution is 2.23. The fourth-order valence-corrected chi connectivity index (χ4v) is 3.00. The third-order valence-electron chi connectivity index (χ3n) is 3.42. The maximum absolute atomic E-state index is 13.7. The Morgan fingerprint density at radius 1 is 1.29 bits per heavy atom. The summed E-state index contributed by atoms with van der Waals surface area (Å²) >= 11 is 8.51. The number of aromatic nitrogens is 4. The minimum Gasteiger partial charge on any atom is -0.337 e. The van der Waals surface area contributed by atoms with Gasteiger partial charge in [-0.15, -0.1) is 0 Å². The maximum Gasteiger partial charge on any atom is 0.178 e. The zero-order valence-corrected chi connectivity index (χ0v) is 13.6. The first-order valence-corrected chi connectivity index (χ1v) is 7.88. The number of halogens is 2. The molecule has 0 unspecified atom stereocenters. The highest BCUT2D eigenvalue weighted by Gasteiger charge is 2.08. The van der Waals surface area contributed by atoms with Crippen molar-refractivity contribution in [1.29, 1.82) is 0 Å². The molecular weight excluding hydrogens is 355 g/mol. The van der Waals surface area contributed by atoms with E-state index in [1.54, 1.807) is 12.3 Å². The van der Waals surface area contributed by atoms with Crippen molar-refractivity contribution in [2.75, 3.05) is 0 Å². The van der Waals surface area contributed by atoms with Crippen LogP contribution in [-0.2, 0) is 13.1 Å². The van der Waals surface area contributed by atoms with Crippen LogP contribution in [0.3, 0.4) is 0 Å². The van der Waals surface area contributed by atoms with Crippen LogP contribution < -0.4 is 0 Å². The number of H-pyrrole nitrogens is 1. The minimum absolute atomic E-state index is 0.274. The molecule has 0 amide bonds. The number of aryl methyl sites for hydroxylation is 2. The van der Waals surface area contributed by atoms with Gasteiger partial charge in [-0.05, 0) is 47.1 Å². The standard InChI is InChI=1S/C14H14BrFN4S/c15-10-7-12-13(8-11(10)16)20(14(21)18-12)5-2-1-4-19-6-3-17-9-19/h3,6-9H,1-2,4-5H2,(H,18,21). The first kappa shape index (κ1) is 14.5. The van der Waals surface area contributed by atoms with Gasteiger partial charge in [0.2, 0.25) is 0 Å². The van der Waals surface area contributed by atoms with Crippen molar-refractivity contribution in [3.8, 4) is 0 Å². The van der Waals surface area contributed by atoms with E-state index in [0.29, 0.717) is 9.24 Å². The van der Waals surface area contributed by atoms with E-state index in [9.17, 15) is 4.39 Å². The zero-order chi connectivity index (χ0) is 14.8. The molecule has 0 bridgehead atoms. The number of benzene rings is 1. The number of unbranched alkanes of at least 4 members (excludes halogenated alkanes) is 1. The summed E-state index contributed by atoms with van der Waals surface area (Å²) in [4.78, 5) is 7.13. The predicted octanol–water partition coefficient (Wildman–Crippen LogP) is 4.28. The van der Waals surface area contributed by atoms with Crippen molar-refractivity contribution in [2.24, 2.45) is 0 Å². The molecule has 0 fully saturated rings. The number of nitrogens with one attached hydrogen (secondary N) is 1. The minimum atomic E-state index is -0.274. The van der Waals surface area contributed by atoms with Gasteiger partial charge >= 0.3 is 0 Å². The molecule has 7 heteroatoms. The lowest BCUT2D eigenvalue weighted by Crippen LogP contribution is -2.01. The van der Waals surface area contributed by atoms with Crippen LogP contribution in [0.25, 0.3) is 11.0 Å². The lowest BCUT2D eigenvalue weighted by molar-refractivity contribution is 0.555. The van der Waals surface area contributed by atoms with Crippen molar-refractivity contribution >= 4 is 39.2 Å². The first-order valence-electron chi connectivity index (χ1n) is 6.68. The number of imidazole rings is 2. The summed E-state index contributed by atoms with van der Waals surface area (Å²) in [7, 11) is 0. The van der Waals surface area contributed by atoms with E-state index in [0.717, 1.165) is 37.0 Å². The number of aromatic amines is 1. The second-order valence-electron chi connectivity index (χ2n) is 4.87. The predicted molar refractivity (Wildman–Crippen MR) is 86.2 cm³/mol. The van der Waals surface area contributed by atoms with E-state index in [4.69, 9.17) is 12.2 Å². The normalized spacial score (nSPS) is 11.3. The van der Waals surface area contributed by atoms with Crippen molar-refractivity contribution in [1.82, 2.24) is 19.1 Å². The molecule has 21 heavy (non-hydrogen) atoms. The highest BCUT2D eigenvalue weighted by atomic mass is 79.9. The molecule has 110 valence electrons. The second kappa shape index (κ2) is 6.11. The van der Waals surface area contributed by atoms with Crippen LogP contribution in [-0.4, -0.2) is 19.1 Å². The fourth-order valence-electron chi connectivity index (χ4n) is 2.36. The molecule has 1 aromatic carbocycles. The van der Waals surface area contributed by atoms with Crippen molar-refractivity contribution in [2.45, 2.75) is 25.9 Å². The average molecular weight is 369 g/mol. The van der Waals surface area contributed by atoms with Gasteiger partial charge in [-0.1, -0.05) is 0 Å². The van der Waals surface area contributed by atoms with Crippen LogP contribution in [0.1, 0.15) is 12.8 Å². The molecule has 2 heterocycles. The van der Waals surface area contributed by atoms with Crippen LogP contribution in [0.2, 0.25) is 0 Å².